The minimum Gasteiger partial charge on any atom is -0.369 e. The van der Waals surface area contributed by atoms with E-state index in [1.54, 1.807) is 10.5 Å². The first-order valence-electron chi connectivity index (χ1n) is 7.31. The zero-order chi connectivity index (χ0) is 15.7. The molecular formula is C18H19N3O. The van der Waals surface area contributed by atoms with Gasteiger partial charge in [0.1, 0.15) is 5.65 Å². The Morgan fingerprint density at radius 3 is 2.55 bits per heavy atom. The summed E-state index contributed by atoms with van der Waals surface area (Å²) in [5.74, 6) is 0. The Kier molecular flexibility index (Phi) is 3.67. The number of anilines is 1. The first kappa shape index (κ1) is 14.3. The maximum atomic E-state index is 12.3. The number of pyridine rings is 1. The molecule has 0 N–H and O–H groups in total. The van der Waals surface area contributed by atoms with Crippen molar-refractivity contribution < 1.29 is 0 Å². The largest absolute Gasteiger partial charge is 0.369 e. The topological polar surface area (TPSA) is 37.6 Å². The van der Waals surface area contributed by atoms with Crippen molar-refractivity contribution in [3.05, 3.63) is 75.8 Å². The van der Waals surface area contributed by atoms with Gasteiger partial charge in [-0.15, -0.1) is 0 Å². The molecule has 0 aliphatic carbocycles. The van der Waals surface area contributed by atoms with E-state index < -0.39 is 0 Å². The maximum absolute atomic E-state index is 12.3. The number of aryl methyl sites for hydroxylation is 2. The lowest BCUT2D eigenvalue weighted by atomic mass is 10.2. The van der Waals surface area contributed by atoms with Gasteiger partial charge in [-0.25, -0.2) is 4.98 Å². The highest BCUT2D eigenvalue weighted by molar-refractivity contribution is 5.47. The molecule has 0 spiro atoms. The molecule has 112 valence electrons. The lowest BCUT2D eigenvalue weighted by Crippen LogP contribution is -2.22. The molecule has 3 aromatic rings. The Morgan fingerprint density at radius 2 is 1.82 bits per heavy atom. The van der Waals surface area contributed by atoms with Crippen molar-refractivity contribution in [3.8, 4) is 0 Å². The summed E-state index contributed by atoms with van der Waals surface area (Å²) in [5, 5.41) is 0. The van der Waals surface area contributed by atoms with Crippen LogP contribution in [0.4, 0.5) is 5.69 Å². The highest BCUT2D eigenvalue weighted by Crippen LogP contribution is 2.15. The highest BCUT2D eigenvalue weighted by Gasteiger charge is 2.07. The van der Waals surface area contributed by atoms with E-state index in [2.05, 4.69) is 41.1 Å². The predicted molar refractivity (Wildman–Crippen MR) is 89.5 cm³/mol. The van der Waals surface area contributed by atoms with Crippen LogP contribution < -0.4 is 10.5 Å². The summed E-state index contributed by atoms with van der Waals surface area (Å²) in [7, 11) is 2.00. The van der Waals surface area contributed by atoms with E-state index in [-0.39, 0.29) is 5.56 Å². The Morgan fingerprint density at radius 1 is 1.09 bits per heavy atom. The zero-order valence-corrected chi connectivity index (χ0v) is 13.1. The SMILES string of the molecule is Cc1ccc(N(C)Cc2cc(=O)n3c(C)cccc3n2)cc1. The summed E-state index contributed by atoms with van der Waals surface area (Å²) in [6.07, 6.45) is 0. The molecule has 0 saturated carbocycles. The molecule has 0 bridgehead atoms. The van der Waals surface area contributed by atoms with Crippen LogP contribution in [0.15, 0.2) is 53.3 Å². The number of hydrogen-bond acceptors (Lipinski definition) is 3. The number of nitrogens with zero attached hydrogens (tertiary/aromatic N) is 3. The Hall–Kier alpha value is -2.62. The molecule has 22 heavy (non-hydrogen) atoms. The zero-order valence-electron chi connectivity index (χ0n) is 13.1. The van der Waals surface area contributed by atoms with Crippen molar-refractivity contribution in [2.75, 3.05) is 11.9 Å². The summed E-state index contributed by atoms with van der Waals surface area (Å²) in [6.45, 7) is 4.58. The predicted octanol–water partition coefficient (Wildman–Crippen LogP) is 2.95. The van der Waals surface area contributed by atoms with Crippen LogP contribution in [0.1, 0.15) is 17.0 Å². The summed E-state index contributed by atoms with van der Waals surface area (Å²) >= 11 is 0. The fourth-order valence-corrected chi connectivity index (χ4v) is 2.58. The number of benzene rings is 1. The van der Waals surface area contributed by atoms with Crippen molar-refractivity contribution in [3.63, 3.8) is 0 Å². The van der Waals surface area contributed by atoms with Crippen molar-refractivity contribution in [2.45, 2.75) is 20.4 Å². The molecule has 0 fully saturated rings. The van der Waals surface area contributed by atoms with E-state index in [0.717, 1.165) is 17.1 Å². The highest BCUT2D eigenvalue weighted by atomic mass is 16.1. The van der Waals surface area contributed by atoms with Crippen LogP contribution in [0.3, 0.4) is 0 Å². The van der Waals surface area contributed by atoms with Crippen LogP contribution in [0.2, 0.25) is 0 Å². The fourth-order valence-electron chi connectivity index (χ4n) is 2.58. The minimum absolute atomic E-state index is 0.0320. The monoisotopic (exact) mass is 293 g/mol. The molecular weight excluding hydrogens is 274 g/mol. The van der Waals surface area contributed by atoms with Gasteiger partial charge in [0.25, 0.3) is 5.56 Å². The van der Waals surface area contributed by atoms with Crippen LogP contribution in [0.25, 0.3) is 5.65 Å². The molecule has 0 saturated heterocycles. The van der Waals surface area contributed by atoms with E-state index in [1.165, 1.54) is 5.56 Å². The molecule has 3 rings (SSSR count). The smallest absolute Gasteiger partial charge is 0.258 e. The van der Waals surface area contributed by atoms with Crippen molar-refractivity contribution >= 4 is 11.3 Å². The third-order valence-corrected chi connectivity index (χ3v) is 3.81. The van der Waals surface area contributed by atoms with Crippen LogP contribution in [0.5, 0.6) is 0 Å². The van der Waals surface area contributed by atoms with Crippen LogP contribution in [-0.2, 0) is 6.54 Å². The lowest BCUT2D eigenvalue weighted by Gasteiger charge is -2.19. The van der Waals surface area contributed by atoms with E-state index in [4.69, 9.17) is 0 Å². The maximum Gasteiger partial charge on any atom is 0.258 e. The first-order chi connectivity index (χ1) is 10.5. The second kappa shape index (κ2) is 5.64. The Balaban J connectivity index is 1.94. The van der Waals surface area contributed by atoms with Crippen molar-refractivity contribution in [1.29, 1.82) is 0 Å². The molecule has 0 radical (unpaired) electrons. The normalized spacial score (nSPS) is 10.9. The quantitative estimate of drug-likeness (QED) is 0.745. The van der Waals surface area contributed by atoms with Gasteiger partial charge < -0.3 is 4.90 Å². The van der Waals surface area contributed by atoms with Gasteiger partial charge in [-0.3, -0.25) is 9.20 Å². The summed E-state index contributed by atoms with van der Waals surface area (Å²) in [5.41, 5.74) is 4.67. The van der Waals surface area contributed by atoms with E-state index in [9.17, 15) is 4.79 Å². The summed E-state index contributed by atoms with van der Waals surface area (Å²) in [6, 6.07) is 15.6. The van der Waals surface area contributed by atoms with Gasteiger partial charge >= 0.3 is 0 Å². The number of aromatic nitrogens is 2. The van der Waals surface area contributed by atoms with Gasteiger partial charge in [0.05, 0.1) is 12.2 Å². The van der Waals surface area contributed by atoms with E-state index in [1.807, 2.05) is 32.2 Å². The standard InChI is InChI=1S/C18H19N3O/c1-13-7-9-16(10-8-13)20(3)12-15-11-18(22)21-14(2)5-4-6-17(21)19-15/h4-11H,12H2,1-3H3. The molecule has 4 nitrogen and oxygen atoms in total. The molecule has 1 aromatic carbocycles. The minimum atomic E-state index is -0.0320. The van der Waals surface area contributed by atoms with Gasteiger partial charge in [-0.2, -0.15) is 0 Å². The average molecular weight is 293 g/mol. The van der Waals surface area contributed by atoms with E-state index in [0.29, 0.717) is 12.2 Å². The molecule has 0 amide bonds. The lowest BCUT2D eigenvalue weighted by molar-refractivity contribution is 0.864. The van der Waals surface area contributed by atoms with Crippen LogP contribution >= 0.6 is 0 Å². The first-order valence-corrected chi connectivity index (χ1v) is 7.31. The van der Waals surface area contributed by atoms with Crippen LogP contribution in [0, 0.1) is 13.8 Å². The van der Waals surface area contributed by atoms with Gasteiger partial charge in [0.15, 0.2) is 0 Å². The number of hydrogen-bond donors (Lipinski definition) is 0. The molecule has 2 heterocycles. The third-order valence-electron chi connectivity index (χ3n) is 3.81. The van der Waals surface area contributed by atoms with E-state index >= 15 is 0 Å². The van der Waals surface area contributed by atoms with Crippen molar-refractivity contribution in [2.24, 2.45) is 0 Å². The number of rotatable bonds is 3. The Labute approximate surface area is 129 Å². The van der Waals surface area contributed by atoms with Gasteiger partial charge in [-0.05, 0) is 38.1 Å². The second-order valence-electron chi connectivity index (χ2n) is 5.64. The Bertz CT molecular complexity index is 866. The van der Waals surface area contributed by atoms with Crippen molar-refractivity contribution in [1.82, 2.24) is 9.38 Å². The third kappa shape index (κ3) is 2.72. The fraction of sp³-hybridized carbons (Fsp3) is 0.222. The van der Waals surface area contributed by atoms with Crippen LogP contribution in [-0.4, -0.2) is 16.4 Å². The number of fused-ring (bicyclic) bond motifs is 1. The van der Waals surface area contributed by atoms with Gasteiger partial charge in [0, 0.05) is 24.5 Å². The molecule has 0 unspecified atom stereocenters. The molecule has 2 aromatic heterocycles. The van der Waals surface area contributed by atoms with Gasteiger partial charge in [-0.1, -0.05) is 23.8 Å². The molecule has 0 aliphatic heterocycles. The second-order valence-corrected chi connectivity index (χ2v) is 5.64. The molecule has 0 aliphatic rings. The summed E-state index contributed by atoms with van der Waals surface area (Å²) in [4.78, 5) is 19.0. The molecule has 0 atom stereocenters. The summed E-state index contributed by atoms with van der Waals surface area (Å²) < 4.78 is 1.63. The molecule has 4 heteroatoms. The average Bonchev–Trinajstić information content (AvgIpc) is 2.47. The van der Waals surface area contributed by atoms with Gasteiger partial charge in [0.2, 0.25) is 0 Å².